The zero-order valence-electron chi connectivity index (χ0n) is 14.3. The second kappa shape index (κ2) is 6.73. The van der Waals surface area contributed by atoms with Crippen molar-refractivity contribution < 1.29 is 22.6 Å². The summed E-state index contributed by atoms with van der Waals surface area (Å²) < 4.78 is 43.9. The van der Waals surface area contributed by atoms with E-state index in [0.29, 0.717) is 43.6 Å². The fourth-order valence-corrected chi connectivity index (χ4v) is 4.47. The van der Waals surface area contributed by atoms with Crippen LogP contribution < -0.4 is 14.2 Å². The first-order valence-electron chi connectivity index (χ1n) is 8.39. The van der Waals surface area contributed by atoms with E-state index in [9.17, 15) is 8.42 Å². The average molecular weight is 377 g/mol. The molecule has 3 heterocycles. The summed E-state index contributed by atoms with van der Waals surface area (Å²) in [6.07, 6.45) is 0.346. The topological polar surface area (TPSA) is 90.9 Å². The van der Waals surface area contributed by atoms with Gasteiger partial charge in [-0.1, -0.05) is 0 Å². The number of ether oxygens (including phenoxy) is 3. The van der Waals surface area contributed by atoms with E-state index in [2.05, 4.69) is 10.2 Å². The van der Waals surface area contributed by atoms with Crippen LogP contribution in [0.25, 0.3) is 0 Å². The van der Waals surface area contributed by atoms with Crippen molar-refractivity contribution in [1.29, 1.82) is 0 Å². The lowest BCUT2D eigenvalue weighted by atomic mass is 10.3. The largest absolute Gasteiger partial charge is 0.486 e. The number of nitrogens with zero attached hydrogens (tertiary/aromatic N) is 3. The summed E-state index contributed by atoms with van der Waals surface area (Å²) in [7, 11) is -3.62. The Morgan fingerprint density at radius 1 is 1.12 bits per heavy atom. The molecule has 1 aromatic heterocycles. The van der Waals surface area contributed by atoms with Crippen LogP contribution in [0.15, 0.2) is 35.2 Å². The standard InChI is InChI=1S/C17H19N3O5S/c1-12-2-5-17(19-18-12)25-13-6-7-20(11-13)26(21,22)14-3-4-15-16(10-14)24-9-8-23-15/h2-5,10,13H,6-9,11H2,1H3/t13-/m0/s1. The molecule has 9 heteroatoms. The summed E-state index contributed by atoms with van der Waals surface area (Å²) in [6.45, 7) is 3.38. The Labute approximate surface area is 151 Å². The lowest BCUT2D eigenvalue weighted by molar-refractivity contribution is 0.171. The maximum atomic E-state index is 12.9. The first-order chi connectivity index (χ1) is 12.5. The molecule has 0 saturated carbocycles. The molecule has 0 unspecified atom stereocenters. The predicted molar refractivity (Wildman–Crippen MR) is 92.0 cm³/mol. The van der Waals surface area contributed by atoms with E-state index in [-0.39, 0.29) is 17.5 Å². The number of aromatic nitrogens is 2. The third kappa shape index (κ3) is 3.32. The minimum Gasteiger partial charge on any atom is -0.486 e. The molecule has 0 bridgehead atoms. The third-order valence-electron chi connectivity index (χ3n) is 4.32. The molecule has 2 aromatic rings. The molecule has 1 saturated heterocycles. The Morgan fingerprint density at radius 2 is 1.92 bits per heavy atom. The summed E-state index contributed by atoms with van der Waals surface area (Å²) in [4.78, 5) is 0.192. The average Bonchev–Trinajstić information content (AvgIpc) is 3.12. The van der Waals surface area contributed by atoms with Gasteiger partial charge in [0.15, 0.2) is 11.5 Å². The highest BCUT2D eigenvalue weighted by Gasteiger charge is 2.34. The number of fused-ring (bicyclic) bond motifs is 1. The van der Waals surface area contributed by atoms with E-state index in [1.807, 2.05) is 6.92 Å². The molecule has 26 heavy (non-hydrogen) atoms. The van der Waals surface area contributed by atoms with Crippen LogP contribution in [-0.2, 0) is 10.0 Å². The van der Waals surface area contributed by atoms with E-state index < -0.39 is 10.0 Å². The first-order valence-corrected chi connectivity index (χ1v) is 9.83. The first kappa shape index (κ1) is 17.0. The molecule has 1 fully saturated rings. The van der Waals surface area contributed by atoms with Gasteiger partial charge in [0, 0.05) is 18.7 Å². The molecule has 0 aliphatic carbocycles. The van der Waals surface area contributed by atoms with Crippen molar-refractivity contribution in [2.24, 2.45) is 0 Å². The van der Waals surface area contributed by atoms with Crippen LogP contribution in [0.1, 0.15) is 12.1 Å². The Balaban J connectivity index is 1.48. The van der Waals surface area contributed by atoms with Crippen molar-refractivity contribution in [1.82, 2.24) is 14.5 Å². The van der Waals surface area contributed by atoms with E-state index in [1.165, 1.54) is 10.4 Å². The molecular weight excluding hydrogens is 358 g/mol. The van der Waals surface area contributed by atoms with Gasteiger partial charge in [0.2, 0.25) is 15.9 Å². The summed E-state index contributed by atoms with van der Waals surface area (Å²) in [6, 6.07) is 8.24. The van der Waals surface area contributed by atoms with Gasteiger partial charge in [-0.25, -0.2) is 8.42 Å². The number of hydrogen-bond acceptors (Lipinski definition) is 7. The molecule has 0 radical (unpaired) electrons. The normalized spacial score (nSPS) is 20.1. The van der Waals surface area contributed by atoms with Gasteiger partial charge >= 0.3 is 0 Å². The van der Waals surface area contributed by atoms with Gasteiger partial charge in [0.1, 0.15) is 19.3 Å². The maximum Gasteiger partial charge on any atom is 0.243 e. The molecule has 138 valence electrons. The van der Waals surface area contributed by atoms with Crippen LogP contribution in [0.3, 0.4) is 0 Å². The molecule has 0 spiro atoms. The number of hydrogen-bond donors (Lipinski definition) is 0. The maximum absolute atomic E-state index is 12.9. The highest BCUT2D eigenvalue weighted by molar-refractivity contribution is 7.89. The molecule has 1 aromatic carbocycles. The quantitative estimate of drug-likeness (QED) is 0.795. The van der Waals surface area contributed by atoms with Crippen LogP contribution in [0.4, 0.5) is 0 Å². The smallest absolute Gasteiger partial charge is 0.243 e. The molecule has 2 aliphatic rings. The number of aryl methyl sites for hydroxylation is 1. The molecular formula is C17H19N3O5S. The third-order valence-corrected chi connectivity index (χ3v) is 6.18. The van der Waals surface area contributed by atoms with E-state index in [1.54, 1.807) is 24.3 Å². The Morgan fingerprint density at radius 3 is 2.69 bits per heavy atom. The van der Waals surface area contributed by atoms with Crippen LogP contribution >= 0.6 is 0 Å². The van der Waals surface area contributed by atoms with Crippen molar-refractivity contribution in [3.8, 4) is 17.4 Å². The second-order valence-corrected chi connectivity index (χ2v) is 8.15. The van der Waals surface area contributed by atoms with Crippen LogP contribution in [0.2, 0.25) is 0 Å². The minimum absolute atomic E-state index is 0.192. The van der Waals surface area contributed by atoms with E-state index >= 15 is 0 Å². The molecule has 8 nitrogen and oxygen atoms in total. The Hall–Kier alpha value is -2.39. The fraction of sp³-hybridized carbons (Fsp3) is 0.412. The van der Waals surface area contributed by atoms with Crippen molar-refractivity contribution in [3.05, 3.63) is 36.0 Å². The minimum atomic E-state index is -3.62. The van der Waals surface area contributed by atoms with Gasteiger partial charge in [0.05, 0.1) is 17.1 Å². The summed E-state index contributed by atoms with van der Waals surface area (Å²) in [5, 5.41) is 7.91. The second-order valence-electron chi connectivity index (χ2n) is 6.21. The lowest BCUT2D eigenvalue weighted by Gasteiger charge is -2.21. The summed E-state index contributed by atoms with van der Waals surface area (Å²) in [5.41, 5.74) is 0.798. The number of rotatable bonds is 4. The number of benzene rings is 1. The van der Waals surface area contributed by atoms with Gasteiger partial charge in [-0.05, 0) is 31.5 Å². The molecule has 1 atom stereocenters. The Kier molecular flexibility index (Phi) is 4.41. The zero-order valence-corrected chi connectivity index (χ0v) is 15.1. The highest BCUT2D eigenvalue weighted by atomic mass is 32.2. The predicted octanol–water partition coefficient (Wildman–Crippen LogP) is 1.40. The lowest BCUT2D eigenvalue weighted by Crippen LogP contribution is -2.31. The molecule has 0 amide bonds. The fourth-order valence-electron chi connectivity index (χ4n) is 2.97. The Bertz CT molecular complexity index is 901. The van der Waals surface area contributed by atoms with Gasteiger partial charge < -0.3 is 14.2 Å². The molecule has 0 N–H and O–H groups in total. The van der Waals surface area contributed by atoms with Crippen LogP contribution in [0.5, 0.6) is 17.4 Å². The van der Waals surface area contributed by atoms with Gasteiger partial charge in [-0.15, -0.1) is 5.10 Å². The van der Waals surface area contributed by atoms with Crippen LogP contribution in [-0.4, -0.2) is 55.3 Å². The van der Waals surface area contributed by atoms with Gasteiger partial charge in [0.25, 0.3) is 0 Å². The molecule has 2 aliphatic heterocycles. The van der Waals surface area contributed by atoms with Crippen molar-refractivity contribution in [2.75, 3.05) is 26.3 Å². The number of sulfonamides is 1. The summed E-state index contributed by atoms with van der Waals surface area (Å²) >= 11 is 0. The zero-order chi connectivity index (χ0) is 18.1. The monoisotopic (exact) mass is 377 g/mol. The van der Waals surface area contributed by atoms with Crippen LogP contribution in [0, 0.1) is 6.92 Å². The SMILES string of the molecule is Cc1ccc(O[C@H]2CCN(S(=O)(=O)c3ccc4c(c3)OCCO4)C2)nn1. The van der Waals surface area contributed by atoms with Crippen molar-refractivity contribution in [3.63, 3.8) is 0 Å². The highest BCUT2D eigenvalue weighted by Crippen LogP contribution is 2.34. The molecule has 4 rings (SSSR count). The van der Waals surface area contributed by atoms with Crippen molar-refractivity contribution in [2.45, 2.75) is 24.3 Å². The van der Waals surface area contributed by atoms with Gasteiger partial charge in [-0.3, -0.25) is 0 Å². The van der Waals surface area contributed by atoms with E-state index in [0.717, 1.165) is 5.69 Å². The van der Waals surface area contributed by atoms with Gasteiger partial charge in [-0.2, -0.15) is 9.40 Å². The summed E-state index contributed by atoms with van der Waals surface area (Å²) in [5.74, 6) is 1.43. The van der Waals surface area contributed by atoms with Crippen molar-refractivity contribution >= 4 is 10.0 Å². The van der Waals surface area contributed by atoms with E-state index in [4.69, 9.17) is 14.2 Å².